The first kappa shape index (κ1) is 23.8. The molecule has 2 aromatic carbocycles. The minimum absolute atomic E-state index is 0.172. The number of hydrogen-bond donors (Lipinski definition) is 0. The first-order chi connectivity index (χ1) is 15.1. The molecule has 3 rings (SSSR count). The third kappa shape index (κ3) is 5.32. The standard InChI is InChI=1S/C23H21BrF4N2O2/c1-14-19(23(26,27)28)21(24)29-22(20(14)25)30(12-15-4-8-17(31-2)9-5-15)13-16-6-10-18(32-3)11-7-16/h4-11H,12-13H2,1-3H3. The highest BCUT2D eigenvalue weighted by atomic mass is 79.9. The summed E-state index contributed by atoms with van der Waals surface area (Å²) in [5.74, 6) is 0.136. The molecule has 0 unspecified atom stereocenters. The Bertz CT molecular complexity index is 1020. The highest BCUT2D eigenvalue weighted by molar-refractivity contribution is 9.10. The molecule has 0 spiro atoms. The summed E-state index contributed by atoms with van der Waals surface area (Å²) in [5, 5.41) is 0. The monoisotopic (exact) mass is 512 g/mol. The predicted molar refractivity (Wildman–Crippen MR) is 118 cm³/mol. The molecule has 0 aliphatic rings. The molecule has 0 aliphatic carbocycles. The van der Waals surface area contributed by atoms with E-state index in [0.29, 0.717) is 11.5 Å². The number of methoxy groups -OCH3 is 2. The van der Waals surface area contributed by atoms with E-state index in [2.05, 4.69) is 20.9 Å². The lowest BCUT2D eigenvalue weighted by Crippen LogP contribution is -2.26. The Morgan fingerprint density at radius 1 is 0.875 bits per heavy atom. The van der Waals surface area contributed by atoms with E-state index in [1.807, 2.05) is 24.3 Å². The van der Waals surface area contributed by atoms with Crippen molar-refractivity contribution in [3.63, 3.8) is 0 Å². The summed E-state index contributed by atoms with van der Waals surface area (Å²) in [4.78, 5) is 5.55. The lowest BCUT2D eigenvalue weighted by atomic mass is 10.1. The van der Waals surface area contributed by atoms with E-state index >= 15 is 4.39 Å². The van der Waals surface area contributed by atoms with Crippen molar-refractivity contribution in [1.29, 1.82) is 0 Å². The van der Waals surface area contributed by atoms with Crippen LogP contribution in [0.3, 0.4) is 0 Å². The number of benzene rings is 2. The van der Waals surface area contributed by atoms with Crippen molar-refractivity contribution < 1.29 is 27.0 Å². The SMILES string of the molecule is COc1ccc(CN(Cc2ccc(OC)cc2)c2nc(Br)c(C(F)(F)F)c(C)c2F)cc1. The molecule has 0 saturated heterocycles. The van der Waals surface area contributed by atoms with Crippen molar-refractivity contribution in [2.24, 2.45) is 0 Å². The molecule has 0 radical (unpaired) electrons. The zero-order valence-electron chi connectivity index (χ0n) is 17.6. The Kier molecular flexibility index (Phi) is 7.28. The van der Waals surface area contributed by atoms with Crippen LogP contribution in [0.25, 0.3) is 0 Å². The number of pyridine rings is 1. The van der Waals surface area contributed by atoms with Gasteiger partial charge in [0.05, 0.1) is 19.8 Å². The molecule has 0 saturated carbocycles. The summed E-state index contributed by atoms with van der Waals surface area (Å²) in [6.07, 6.45) is -4.73. The Labute approximate surface area is 191 Å². The van der Waals surface area contributed by atoms with E-state index in [-0.39, 0.29) is 18.9 Å². The minimum Gasteiger partial charge on any atom is -0.497 e. The Balaban J connectivity index is 2.04. The zero-order valence-corrected chi connectivity index (χ0v) is 19.2. The summed E-state index contributed by atoms with van der Waals surface area (Å²) >= 11 is 2.89. The summed E-state index contributed by atoms with van der Waals surface area (Å²) in [6, 6.07) is 14.3. The van der Waals surface area contributed by atoms with Crippen molar-refractivity contribution in [1.82, 2.24) is 4.98 Å². The number of ether oxygens (including phenoxy) is 2. The first-order valence-corrected chi connectivity index (χ1v) is 10.4. The average Bonchev–Trinajstić information content (AvgIpc) is 2.76. The molecule has 0 bridgehead atoms. The fourth-order valence-corrected chi connectivity index (χ4v) is 3.97. The number of halogens is 5. The van der Waals surface area contributed by atoms with Crippen molar-refractivity contribution in [2.75, 3.05) is 19.1 Å². The third-order valence-corrected chi connectivity index (χ3v) is 5.53. The van der Waals surface area contributed by atoms with Crippen LogP contribution in [-0.2, 0) is 19.3 Å². The van der Waals surface area contributed by atoms with Gasteiger partial charge in [-0.05, 0) is 58.2 Å². The molecular weight excluding hydrogens is 492 g/mol. The van der Waals surface area contributed by atoms with Crippen LogP contribution in [0.5, 0.6) is 11.5 Å². The number of alkyl halides is 3. The first-order valence-electron chi connectivity index (χ1n) is 9.57. The fraction of sp³-hybridized carbons (Fsp3) is 0.261. The number of rotatable bonds is 7. The van der Waals surface area contributed by atoms with Crippen LogP contribution in [0.2, 0.25) is 0 Å². The van der Waals surface area contributed by atoms with E-state index in [1.165, 1.54) is 0 Å². The molecule has 4 nitrogen and oxygen atoms in total. The van der Waals surface area contributed by atoms with Gasteiger partial charge in [-0.25, -0.2) is 9.37 Å². The Hall–Kier alpha value is -2.81. The quantitative estimate of drug-likeness (QED) is 0.266. The van der Waals surface area contributed by atoms with Crippen molar-refractivity contribution >= 4 is 21.7 Å². The highest BCUT2D eigenvalue weighted by Crippen LogP contribution is 2.40. The summed E-state index contributed by atoms with van der Waals surface area (Å²) in [6.45, 7) is 1.54. The van der Waals surface area contributed by atoms with Gasteiger partial charge >= 0.3 is 6.18 Å². The maximum Gasteiger partial charge on any atom is 0.419 e. The summed E-state index contributed by atoms with van der Waals surface area (Å²) in [7, 11) is 3.10. The van der Waals surface area contributed by atoms with Gasteiger partial charge in [0.15, 0.2) is 11.6 Å². The smallest absolute Gasteiger partial charge is 0.419 e. The molecule has 3 aromatic rings. The van der Waals surface area contributed by atoms with Gasteiger partial charge in [-0.1, -0.05) is 24.3 Å². The lowest BCUT2D eigenvalue weighted by molar-refractivity contribution is -0.139. The number of nitrogens with zero attached hydrogens (tertiary/aromatic N) is 2. The second-order valence-corrected chi connectivity index (χ2v) is 7.84. The van der Waals surface area contributed by atoms with Crippen molar-refractivity contribution in [2.45, 2.75) is 26.2 Å². The fourth-order valence-electron chi connectivity index (χ4n) is 3.28. The topological polar surface area (TPSA) is 34.6 Å². The maximum atomic E-state index is 15.2. The van der Waals surface area contributed by atoms with Gasteiger partial charge in [-0.2, -0.15) is 13.2 Å². The van der Waals surface area contributed by atoms with Crippen LogP contribution in [0.1, 0.15) is 22.3 Å². The largest absolute Gasteiger partial charge is 0.497 e. The third-order valence-electron chi connectivity index (χ3n) is 4.96. The number of anilines is 1. The molecule has 0 amide bonds. The Morgan fingerprint density at radius 2 is 1.31 bits per heavy atom. The minimum atomic E-state index is -4.73. The lowest BCUT2D eigenvalue weighted by Gasteiger charge is -2.26. The van der Waals surface area contributed by atoms with Gasteiger partial charge < -0.3 is 14.4 Å². The van der Waals surface area contributed by atoms with Crippen LogP contribution >= 0.6 is 15.9 Å². The van der Waals surface area contributed by atoms with Crippen molar-refractivity contribution in [3.8, 4) is 11.5 Å². The van der Waals surface area contributed by atoms with E-state index in [0.717, 1.165) is 18.1 Å². The van der Waals surface area contributed by atoms with Crippen LogP contribution in [0.15, 0.2) is 53.1 Å². The van der Waals surface area contributed by atoms with Gasteiger partial charge in [0.25, 0.3) is 0 Å². The molecule has 0 atom stereocenters. The second kappa shape index (κ2) is 9.77. The zero-order chi connectivity index (χ0) is 23.5. The summed E-state index contributed by atoms with van der Waals surface area (Å²) in [5.41, 5.74) is -0.000183. The van der Waals surface area contributed by atoms with Gasteiger partial charge in [0.2, 0.25) is 0 Å². The molecule has 32 heavy (non-hydrogen) atoms. The van der Waals surface area contributed by atoms with Gasteiger partial charge in [-0.3, -0.25) is 0 Å². The normalized spacial score (nSPS) is 11.4. The predicted octanol–water partition coefficient (Wildman–Crippen LogP) is 6.53. The number of aromatic nitrogens is 1. The van der Waals surface area contributed by atoms with Gasteiger partial charge in [0.1, 0.15) is 16.1 Å². The highest BCUT2D eigenvalue weighted by Gasteiger charge is 2.38. The molecule has 0 N–H and O–H groups in total. The second-order valence-electron chi connectivity index (χ2n) is 7.09. The van der Waals surface area contributed by atoms with Crippen molar-refractivity contribution in [3.05, 3.63) is 81.2 Å². The van der Waals surface area contributed by atoms with Crippen LogP contribution in [0.4, 0.5) is 23.4 Å². The van der Waals surface area contributed by atoms with Crippen LogP contribution < -0.4 is 14.4 Å². The van der Waals surface area contributed by atoms with E-state index in [4.69, 9.17) is 9.47 Å². The molecule has 0 aliphatic heterocycles. The van der Waals surface area contributed by atoms with Crippen LogP contribution in [0, 0.1) is 12.7 Å². The molecule has 170 valence electrons. The van der Waals surface area contributed by atoms with Crippen LogP contribution in [-0.4, -0.2) is 19.2 Å². The molecule has 1 heterocycles. The molecule has 9 heteroatoms. The van der Waals surface area contributed by atoms with E-state index < -0.39 is 27.7 Å². The number of hydrogen-bond acceptors (Lipinski definition) is 4. The average molecular weight is 513 g/mol. The van der Waals surface area contributed by atoms with Gasteiger partial charge in [-0.15, -0.1) is 0 Å². The maximum absolute atomic E-state index is 15.2. The molecule has 0 fully saturated rings. The van der Waals surface area contributed by atoms with Gasteiger partial charge in [0, 0.05) is 18.7 Å². The Morgan fingerprint density at radius 3 is 1.69 bits per heavy atom. The molecular formula is C23H21BrF4N2O2. The van der Waals surface area contributed by atoms with E-state index in [9.17, 15) is 13.2 Å². The molecule has 1 aromatic heterocycles. The summed E-state index contributed by atoms with van der Waals surface area (Å²) < 4.78 is 65.2. The van der Waals surface area contributed by atoms with E-state index in [1.54, 1.807) is 43.4 Å².